The van der Waals surface area contributed by atoms with Crippen LogP contribution in [0, 0.1) is 0 Å². The Balaban J connectivity index is 4.10. The number of hydrogen-bond acceptors (Lipinski definition) is 5. The second-order valence-corrected chi connectivity index (χ2v) is 4.71. The first-order valence-electron chi connectivity index (χ1n) is 3.37. The van der Waals surface area contributed by atoms with E-state index >= 15 is 0 Å². The van der Waals surface area contributed by atoms with Crippen molar-refractivity contribution in [3.8, 4) is 0 Å². The zero-order chi connectivity index (χ0) is 9.78. The molecule has 5 nitrogen and oxygen atoms in total. The number of aliphatic hydroxyl groups excluding tert-OH is 3. The van der Waals surface area contributed by atoms with Crippen molar-refractivity contribution in [3.63, 3.8) is 0 Å². The normalized spacial score (nSPS) is 21.1. The molecule has 0 aromatic carbocycles. The first kappa shape index (κ1) is 12.1. The average molecular weight is 240 g/mol. The van der Waals surface area contributed by atoms with E-state index in [0.29, 0.717) is 0 Å². The van der Waals surface area contributed by atoms with Crippen molar-refractivity contribution in [2.24, 2.45) is 0 Å². The molecule has 4 atom stereocenters. The van der Waals surface area contributed by atoms with E-state index in [4.69, 9.17) is 15.3 Å². The van der Waals surface area contributed by atoms with Gasteiger partial charge in [-0.15, -0.1) is 0 Å². The number of aliphatic hydroxyl groups is 4. The SMILES string of the molecule is O=C[C@H](O)[C@](O)([AsH2])C[C@H](O)CO. The van der Waals surface area contributed by atoms with E-state index < -0.39 is 23.2 Å². The molecule has 72 valence electrons. The summed E-state index contributed by atoms with van der Waals surface area (Å²) in [5.74, 6) is 0. The van der Waals surface area contributed by atoms with Gasteiger partial charge < -0.3 is 0 Å². The van der Waals surface area contributed by atoms with E-state index in [1.165, 1.54) is 0 Å². The number of aldehydes is 1. The van der Waals surface area contributed by atoms with Crippen molar-refractivity contribution in [1.29, 1.82) is 0 Å². The molecule has 12 heavy (non-hydrogen) atoms. The number of hydrogen-bond donors (Lipinski definition) is 4. The van der Waals surface area contributed by atoms with Crippen LogP contribution in [0.3, 0.4) is 0 Å². The van der Waals surface area contributed by atoms with Gasteiger partial charge >= 0.3 is 78.0 Å². The third-order valence-corrected chi connectivity index (χ3v) is 2.63. The predicted molar refractivity (Wildman–Crippen MR) is 43.3 cm³/mol. The fourth-order valence-electron chi connectivity index (χ4n) is 0.681. The molecule has 6 heteroatoms. The Morgan fingerprint density at radius 3 is 2.33 bits per heavy atom. The summed E-state index contributed by atoms with van der Waals surface area (Å²) in [6.45, 7) is -0.502. The summed E-state index contributed by atoms with van der Waals surface area (Å²) < 4.78 is -1.63. The Morgan fingerprint density at radius 1 is 1.50 bits per heavy atom. The molecular weight excluding hydrogens is 227 g/mol. The van der Waals surface area contributed by atoms with Crippen molar-refractivity contribution >= 4 is 23.1 Å². The van der Waals surface area contributed by atoms with Crippen LogP contribution in [0.15, 0.2) is 0 Å². The molecule has 0 aliphatic carbocycles. The van der Waals surface area contributed by atoms with E-state index in [1.54, 1.807) is 0 Å². The Bertz CT molecular complexity index is 149. The minimum absolute atomic E-state index is 0.200. The molecule has 0 spiro atoms. The van der Waals surface area contributed by atoms with E-state index in [2.05, 4.69) is 0 Å². The molecule has 0 aliphatic heterocycles. The monoisotopic (exact) mass is 240 g/mol. The fraction of sp³-hybridized carbons (Fsp3) is 0.833. The number of rotatable bonds is 5. The first-order valence-corrected chi connectivity index (χ1v) is 4.58. The van der Waals surface area contributed by atoms with E-state index in [0.717, 1.165) is 16.9 Å². The molecule has 0 bridgehead atoms. The van der Waals surface area contributed by atoms with Crippen LogP contribution in [-0.4, -0.2) is 66.8 Å². The molecule has 0 amide bonds. The molecule has 0 saturated carbocycles. The van der Waals surface area contributed by atoms with Crippen molar-refractivity contribution in [3.05, 3.63) is 0 Å². The van der Waals surface area contributed by atoms with Crippen LogP contribution in [0.5, 0.6) is 0 Å². The van der Waals surface area contributed by atoms with Gasteiger partial charge in [-0.1, -0.05) is 0 Å². The summed E-state index contributed by atoms with van der Waals surface area (Å²) in [6.07, 6.45) is -2.65. The molecule has 0 aromatic rings. The van der Waals surface area contributed by atoms with Gasteiger partial charge in [0, 0.05) is 0 Å². The minimum atomic E-state index is -1.63. The van der Waals surface area contributed by atoms with Crippen molar-refractivity contribution < 1.29 is 25.2 Å². The number of carbonyl (C=O) groups excluding carboxylic acids is 1. The maximum absolute atomic E-state index is 10.1. The second-order valence-electron chi connectivity index (χ2n) is 2.61. The Hall–Kier alpha value is 0.0684. The van der Waals surface area contributed by atoms with Crippen molar-refractivity contribution in [2.45, 2.75) is 23.0 Å². The summed E-state index contributed by atoms with van der Waals surface area (Å²) in [5, 5.41) is 35.6. The zero-order valence-corrected chi connectivity index (χ0v) is 8.84. The summed E-state index contributed by atoms with van der Waals surface area (Å²) >= 11 is 0.734. The van der Waals surface area contributed by atoms with Crippen LogP contribution in [0.2, 0.25) is 0 Å². The molecule has 0 saturated heterocycles. The molecule has 0 aliphatic rings. The Labute approximate surface area is 78.5 Å². The summed E-state index contributed by atoms with van der Waals surface area (Å²) in [5.41, 5.74) is 0. The molecule has 0 aromatic heterocycles. The molecule has 0 fully saturated rings. The van der Waals surface area contributed by atoms with Crippen LogP contribution >= 0.6 is 0 Å². The van der Waals surface area contributed by atoms with Gasteiger partial charge in [0.2, 0.25) is 0 Å². The van der Waals surface area contributed by atoms with E-state index in [-0.39, 0.29) is 12.7 Å². The van der Waals surface area contributed by atoms with Gasteiger partial charge in [0.1, 0.15) is 0 Å². The van der Waals surface area contributed by atoms with Crippen molar-refractivity contribution in [2.75, 3.05) is 6.61 Å². The van der Waals surface area contributed by atoms with Gasteiger partial charge in [-0.2, -0.15) is 0 Å². The summed E-state index contributed by atoms with van der Waals surface area (Å²) in [6, 6.07) is 0. The van der Waals surface area contributed by atoms with Crippen LogP contribution in [-0.2, 0) is 4.79 Å². The first-order chi connectivity index (χ1) is 5.44. The third kappa shape index (κ3) is 3.65. The summed E-state index contributed by atoms with van der Waals surface area (Å²) in [7, 11) is 0. The topological polar surface area (TPSA) is 98.0 Å². The zero-order valence-electron chi connectivity index (χ0n) is 6.42. The van der Waals surface area contributed by atoms with Crippen LogP contribution in [0.25, 0.3) is 0 Å². The van der Waals surface area contributed by atoms with Gasteiger partial charge in [-0.25, -0.2) is 0 Å². The van der Waals surface area contributed by atoms with Crippen LogP contribution in [0.1, 0.15) is 6.42 Å². The maximum atomic E-state index is 10.1. The van der Waals surface area contributed by atoms with Gasteiger partial charge in [0.25, 0.3) is 0 Å². The standard InChI is InChI=1S/C6H13AsO5/c7-6(12,5(11)3-9)1-4(10)2-8/h3-5,8,10-12H,1-2,7H2/t4-,5-,6-/m0/s1. The van der Waals surface area contributed by atoms with Crippen LogP contribution in [0.4, 0.5) is 0 Å². The Kier molecular flexibility index (Phi) is 4.97. The van der Waals surface area contributed by atoms with Crippen molar-refractivity contribution in [1.82, 2.24) is 0 Å². The molecular formula is C6H13AsO5. The number of carbonyl (C=O) groups is 1. The average Bonchev–Trinajstić information content (AvgIpc) is 2.02. The quantitative estimate of drug-likeness (QED) is 0.297. The summed E-state index contributed by atoms with van der Waals surface area (Å²) in [4.78, 5) is 10.1. The molecule has 0 rings (SSSR count). The predicted octanol–water partition coefficient (Wildman–Crippen LogP) is -3.39. The molecule has 0 radical (unpaired) electrons. The van der Waals surface area contributed by atoms with Gasteiger partial charge in [-0.05, 0) is 0 Å². The second kappa shape index (κ2) is 4.94. The fourth-order valence-corrected chi connectivity index (χ4v) is 1.42. The Morgan fingerprint density at radius 2 is 2.00 bits per heavy atom. The van der Waals surface area contributed by atoms with Gasteiger partial charge in [0.15, 0.2) is 0 Å². The van der Waals surface area contributed by atoms with Gasteiger partial charge in [-0.3, -0.25) is 0 Å². The van der Waals surface area contributed by atoms with Crippen LogP contribution < -0.4 is 0 Å². The third-order valence-electron chi connectivity index (χ3n) is 1.41. The molecule has 4 N–H and O–H groups in total. The van der Waals surface area contributed by atoms with E-state index in [1.807, 2.05) is 0 Å². The molecule has 1 unspecified atom stereocenters. The van der Waals surface area contributed by atoms with Gasteiger partial charge in [0.05, 0.1) is 0 Å². The molecule has 0 heterocycles. The van der Waals surface area contributed by atoms with E-state index in [9.17, 15) is 9.90 Å².